The molecule has 0 bridgehead atoms. The van der Waals surface area contributed by atoms with E-state index in [0.717, 1.165) is 17.8 Å². The van der Waals surface area contributed by atoms with Crippen LogP contribution in [0.5, 0.6) is 0 Å². The third-order valence-corrected chi connectivity index (χ3v) is 9.13. The van der Waals surface area contributed by atoms with Gasteiger partial charge in [0.1, 0.15) is 0 Å². The van der Waals surface area contributed by atoms with Gasteiger partial charge in [0, 0.05) is 0 Å². The fourth-order valence-corrected chi connectivity index (χ4v) is 8.82. The summed E-state index contributed by atoms with van der Waals surface area (Å²) in [4.78, 5) is 2.25. The number of hydrogen-bond acceptors (Lipinski definition) is 1. The summed E-state index contributed by atoms with van der Waals surface area (Å²) in [6.45, 7) is 14.4. The van der Waals surface area contributed by atoms with Gasteiger partial charge in [-0.1, -0.05) is 47.5 Å². The van der Waals surface area contributed by atoms with E-state index < -0.39 is 8.32 Å². The maximum Gasteiger partial charge on any atom is 0.184 e. The zero-order valence-electron chi connectivity index (χ0n) is 17.8. The van der Waals surface area contributed by atoms with Crippen molar-refractivity contribution in [3.8, 4) is 0 Å². The summed E-state index contributed by atoms with van der Waals surface area (Å²) >= 11 is 3.65. The van der Waals surface area contributed by atoms with Crippen LogP contribution in [-0.4, -0.2) is 13.9 Å². The minimum Gasteiger partial charge on any atom is -0.409 e. The van der Waals surface area contributed by atoms with Gasteiger partial charge in [0.05, 0.1) is 5.60 Å². The van der Waals surface area contributed by atoms with Crippen LogP contribution in [0.1, 0.15) is 65.7 Å². The van der Waals surface area contributed by atoms with Gasteiger partial charge in [-0.25, -0.2) is 0 Å². The van der Waals surface area contributed by atoms with Crippen LogP contribution in [0.3, 0.4) is 0 Å². The maximum absolute atomic E-state index is 6.50. The van der Waals surface area contributed by atoms with E-state index in [1.54, 1.807) is 5.57 Å². The van der Waals surface area contributed by atoms with Gasteiger partial charge in [-0.05, 0) is 106 Å². The predicted octanol–water partition coefficient (Wildman–Crippen LogP) is 7.69. The van der Waals surface area contributed by atoms with E-state index in [9.17, 15) is 0 Å². The van der Waals surface area contributed by atoms with Gasteiger partial charge in [-0.2, -0.15) is 0 Å². The van der Waals surface area contributed by atoms with Crippen molar-refractivity contribution in [2.45, 2.75) is 91.0 Å². The maximum atomic E-state index is 6.50. The molecule has 0 amide bonds. The van der Waals surface area contributed by atoms with E-state index in [-0.39, 0.29) is 5.60 Å². The summed E-state index contributed by atoms with van der Waals surface area (Å²) in [6, 6.07) is 0. The van der Waals surface area contributed by atoms with Crippen molar-refractivity contribution in [2.24, 2.45) is 29.1 Å². The number of halogens is 1. The minimum atomic E-state index is -1.50. The fourth-order valence-electron chi connectivity index (χ4n) is 6.72. The smallest absolute Gasteiger partial charge is 0.184 e. The van der Waals surface area contributed by atoms with Crippen LogP contribution >= 0.6 is 15.9 Å². The lowest BCUT2D eigenvalue weighted by Crippen LogP contribution is -2.39. The Hall–Kier alpha value is 0.137. The number of rotatable bonds is 5. The van der Waals surface area contributed by atoms with Gasteiger partial charge in [0.25, 0.3) is 0 Å². The quantitative estimate of drug-likeness (QED) is 0.315. The van der Waals surface area contributed by atoms with Crippen molar-refractivity contribution in [3.63, 3.8) is 0 Å². The first-order valence-electron chi connectivity index (χ1n) is 10.7. The van der Waals surface area contributed by atoms with E-state index >= 15 is 0 Å². The van der Waals surface area contributed by atoms with Crippen molar-refractivity contribution in [1.82, 2.24) is 0 Å². The minimum absolute atomic E-state index is 0.0202. The molecule has 0 aromatic heterocycles. The van der Waals surface area contributed by atoms with E-state index in [4.69, 9.17) is 4.43 Å². The molecule has 2 saturated carbocycles. The molecule has 2 fully saturated rings. The fraction of sp³-hybridized carbons (Fsp3) is 0.826. The molecule has 3 heteroatoms. The lowest BCUT2D eigenvalue weighted by molar-refractivity contribution is 0.0811. The molecule has 26 heavy (non-hydrogen) atoms. The summed E-state index contributed by atoms with van der Waals surface area (Å²) in [5.41, 5.74) is 2.19. The lowest BCUT2D eigenvalue weighted by atomic mass is 9.61. The average molecular weight is 440 g/mol. The zero-order chi connectivity index (χ0) is 19.2. The van der Waals surface area contributed by atoms with Gasteiger partial charge in [0.2, 0.25) is 0 Å². The number of allylic oxidation sites excluding steroid dienone is 2. The molecule has 0 aromatic carbocycles. The molecule has 0 spiro atoms. The second-order valence-corrected chi connectivity index (χ2v) is 15.7. The van der Waals surface area contributed by atoms with Gasteiger partial charge in [-0.15, -0.1) is 0 Å². The molecule has 0 radical (unpaired) electrons. The van der Waals surface area contributed by atoms with Crippen LogP contribution in [-0.2, 0) is 4.43 Å². The highest BCUT2D eigenvalue weighted by atomic mass is 79.9. The van der Waals surface area contributed by atoms with Crippen LogP contribution in [0, 0.1) is 29.1 Å². The summed E-state index contributed by atoms with van der Waals surface area (Å²) in [7, 11) is -1.50. The Bertz CT molecular complexity index is 577. The first kappa shape index (κ1) is 20.9. The highest BCUT2D eigenvalue weighted by Gasteiger charge is 2.51. The molecule has 0 aromatic rings. The van der Waals surface area contributed by atoms with Crippen molar-refractivity contribution < 1.29 is 4.43 Å². The van der Waals surface area contributed by atoms with Crippen LogP contribution < -0.4 is 0 Å². The van der Waals surface area contributed by atoms with Crippen molar-refractivity contribution in [3.05, 3.63) is 22.7 Å². The monoisotopic (exact) mass is 438 g/mol. The third-order valence-electron chi connectivity index (χ3n) is 7.47. The normalized spacial score (nSPS) is 43.0. The Kier molecular flexibility index (Phi) is 6.03. The topological polar surface area (TPSA) is 9.23 Å². The predicted molar refractivity (Wildman–Crippen MR) is 119 cm³/mol. The molecule has 0 N–H and O–H groups in total. The Labute approximate surface area is 171 Å². The van der Waals surface area contributed by atoms with Gasteiger partial charge < -0.3 is 4.43 Å². The van der Waals surface area contributed by atoms with E-state index in [2.05, 4.69) is 73.5 Å². The number of hydrogen-bond donors (Lipinski definition) is 0. The Morgan fingerprint density at radius 2 is 2.04 bits per heavy atom. The molecule has 0 aliphatic heterocycles. The van der Waals surface area contributed by atoms with Crippen molar-refractivity contribution in [1.29, 1.82) is 0 Å². The molecule has 148 valence electrons. The molecule has 0 heterocycles. The molecule has 1 unspecified atom stereocenters. The van der Waals surface area contributed by atoms with Gasteiger partial charge in [0.15, 0.2) is 8.32 Å². The second kappa shape index (κ2) is 7.52. The Morgan fingerprint density at radius 3 is 2.69 bits per heavy atom. The third kappa shape index (κ3) is 4.25. The van der Waals surface area contributed by atoms with E-state index in [1.807, 2.05) is 0 Å². The highest BCUT2D eigenvalue weighted by Crippen LogP contribution is 2.60. The van der Waals surface area contributed by atoms with Gasteiger partial charge in [-0.3, -0.25) is 0 Å². The van der Waals surface area contributed by atoms with Crippen LogP contribution in [0.15, 0.2) is 22.7 Å². The molecule has 6 atom stereocenters. The Balaban J connectivity index is 1.63. The van der Waals surface area contributed by atoms with Crippen LogP contribution in [0.4, 0.5) is 0 Å². The SMILES string of the molecule is C[C@H](C[C@@H]1C=C[C@@](C)(O[Si](C)(C)C)C1)[C@H]1CCC2C(=CBr)CCC[C@@]21C. The number of fused-ring (bicyclic) bond motifs is 1. The van der Waals surface area contributed by atoms with Crippen molar-refractivity contribution in [2.75, 3.05) is 0 Å². The summed E-state index contributed by atoms with van der Waals surface area (Å²) < 4.78 is 6.50. The molecule has 3 aliphatic carbocycles. The zero-order valence-corrected chi connectivity index (χ0v) is 20.4. The standard InChI is InChI=1S/C23H39BrOSi/c1-17(14-18-11-13-22(2,15-18)25-26(4,5)6)20-9-10-21-19(16-24)8-7-12-23(20,21)3/h11,13,16-18,20-21H,7-10,12,14-15H2,1-6H3/t17-,18+,20-,21?,22-,23-/m1/s1. The largest absolute Gasteiger partial charge is 0.409 e. The van der Waals surface area contributed by atoms with Crippen LogP contribution in [0.2, 0.25) is 19.6 Å². The molecule has 0 saturated heterocycles. The van der Waals surface area contributed by atoms with Crippen LogP contribution in [0.25, 0.3) is 0 Å². The molecule has 3 rings (SSSR count). The highest BCUT2D eigenvalue weighted by molar-refractivity contribution is 9.11. The lowest BCUT2D eigenvalue weighted by Gasteiger charge is -2.44. The average Bonchev–Trinajstić information content (AvgIpc) is 3.04. The molecule has 3 aliphatic rings. The molecular weight excluding hydrogens is 400 g/mol. The van der Waals surface area contributed by atoms with E-state index in [1.165, 1.54) is 44.9 Å². The first-order valence-corrected chi connectivity index (χ1v) is 15.1. The van der Waals surface area contributed by atoms with Crippen molar-refractivity contribution >= 4 is 24.2 Å². The molecule has 1 nitrogen and oxygen atoms in total. The summed E-state index contributed by atoms with van der Waals surface area (Å²) in [6.07, 6.45) is 14.3. The second-order valence-electron chi connectivity index (χ2n) is 10.8. The summed E-state index contributed by atoms with van der Waals surface area (Å²) in [5.74, 6) is 3.21. The molecular formula is C23H39BrOSi. The Morgan fingerprint density at radius 1 is 1.31 bits per heavy atom. The van der Waals surface area contributed by atoms with E-state index in [0.29, 0.717) is 11.3 Å². The summed E-state index contributed by atoms with van der Waals surface area (Å²) in [5, 5.41) is 0. The van der Waals surface area contributed by atoms with Gasteiger partial charge >= 0.3 is 0 Å². The first-order chi connectivity index (χ1) is 12.1.